The molecule has 8 heteroatoms. The van der Waals surface area contributed by atoms with Crippen molar-refractivity contribution in [3.63, 3.8) is 0 Å². The van der Waals surface area contributed by atoms with Gasteiger partial charge in [0.25, 0.3) is 0 Å². The fourth-order valence-electron chi connectivity index (χ4n) is 3.81. The Hall–Kier alpha value is -4.23. The Morgan fingerprint density at radius 1 is 0.889 bits per heavy atom. The maximum absolute atomic E-state index is 13.1. The number of urea groups is 2. The van der Waals surface area contributed by atoms with E-state index in [2.05, 4.69) is 16.0 Å². The number of methoxy groups -OCH3 is 1. The molecule has 4 amide bonds. The summed E-state index contributed by atoms with van der Waals surface area (Å²) < 4.78 is 5.23. The van der Waals surface area contributed by atoms with Crippen LogP contribution in [-0.4, -0.2) is 32.3 Å². The Bertz CT molecular complexity index is 1340. The molecule has 4 rings (SSSR count). The number of ether oxygens (including phenoxy) is 1. The molecule has 4 aromatic carbocycles. The van der Waals surface area contributed by atoms with Crippen molar-refractivity contribution >= 4 is 51.5 Å². The lowest BCUT2D eigenvalue weighted by Crippen LogP contribution is -2.38. The molecule has 0 aromatic heterocycles. The second-order valence-electron chi connectivity index (χ2n) is 8.05. The summed E-state index contributed by atoms with van der Waals surface area (Å²) in [5.41, 5.74) is 2.04. The van der Waals surface area contributed by atoms with Crippen LogP contribution in [-0.2, 0) is 0 Å². The second-order valence-corrected chi connectivity index (χ2v) is 8.49. The molecule has 0 fully saturated rings. The van der Waals surface area contributed by atoms with E-state index in [0.717, 1.165) is 16.5 Å². The Kier molecular flexibility index (Phi) is 8.26. The first-order valence-electron chi connectivity index (χ1n) is 11.5. The predicted octanol–water partition coefficient (Wildman–Crippen LogP) is 6.75. The maximum Gasteiger partial charge on any atom is 0.326 e. The summed E-state index contributed by atoms with van der Waals surface area (Å²) in [5.74, 6) is 0.695. The van der Waals surface area contributed by atoms with Crippen LogP contribution in [0.4, 0.5) is 26.7 Å². The molecule has 0 atom stereocenters. The molecule has 36 heavy (non-hydrogen) atoms. The standard InChI is InChI=1S/C28H27ClN4O3/c1-36-24-15-13-23(14-16-24)33(28(35)31-22-10-5-9-21(29)19-22)18-6-17-30-27(34)32-26-12-4-8-20-7-2-3-11-25(20)26/h2-5,7-16,19H,6,17-18H2,1H3,(H,31,35)(H2,30,32,34). The van der Waals surface area contributed by atoms with Gasteiger partial charge in [-0.25, -0.2) is 9.59 Å². The molecular weight excluding hydrogens is 476 g/mol. The molecule has 0 heterocycles. The number of nitrogens with zero attached hydrogens (tertiary/aromatic N) is 1. The summed E-state index contributed by atoms with van der Waals surface area (Å²) in [5, 5.41) is 11.2. The molecule has 0 saturated heterocycles. The van der Waals surface area contributed by atoms with Gasteiger partial charge in [-0.15, -0.1) is 0 Å². The summed E-state index contributed by atoms with van der Waals surface area (Å²) in [6.45, 7) is 0.765. The predicted molar refractivity (Wildman–Crippen MR) is 146 cm³/mol. The molecular formula is C28H27ClN4O3. The van der Waals surface area contributed by atoms with E-state index in [1.807, 2.05) is 54.6 Å². The normalized spacial score (nSPS) is 10.5. The van der Waals surface area contributed by atoms with Crippen LogP contribution >= 0.6 is 11.6 Å². The van der Waals surface area contributed by atoms with Gasteiger partial charge in [0.15, 0.2) is 0 Å². The van der Waals surface area contributed by atoms with Crippen molar-refractivity contribution in [2.45, 2.75) is 6.42 Å². The van der Waals surface area contributed by atoms with Crippen molar-refractivity contribution in [2.75, 3.05) is 35.7 Å². The minimum atomic E-state index is -0.303. The summed E-state index contributed by atoms with van der Waals surface area (Å²) in [6.07, 6.45) is 0.540. The van der Waals surface area contributed by atoms with Gasteiger partial charge in [-0.2, -0.15) is 0 Å². The molecule has 0 spiro atoms. The van der Waals surface area contributed by atoms with Gasteiger partial charge in [-0.05, 0) is 60.3 Å². The van der Waals surface area contributed by atoms with E-state index in [0.29, 0.717) is 41.7 Å². The number of fused-ring (bicyclic) bond motifs is 1. The van der Waals surface area contributed by atoms with Crippen LogP contribution in [0.1, 0.15) is 6.42 Å². The van der Waals surface area contributed by atoms with Crippen molar-refractivity contribution in [2.24, 2.45) is 0 Å². The number of hydrogen-bond acceptors (Lipinski definition) is 3. The quantitative estimate of drug-likeness (QED) is 0.233. The third kappa shape index (κ3) is 6.46. The third-order valence-electron chi connectivity index (χ3n) is 5.59. The van der Waals surface area contributed by atoms with Crippen LogP contribution in [0.15, 0.2) is 91.0 Å². The van der Waals surface area contributed by atoms with Gasteiger partial charge in [-0.1, -0.05) is 54.1 Å². The fourth-order valence-corrected chi connectivity index (χ4v) is 4.00. The van der Waals surface area contributed by atoms with Crippen molar-refractivity contribution in [1.29, 1.82) is 0 Å². The monoisotopic (exact) mass is 502 g/mol. The van der Waals surface area contributed by atoms with Gasteiger partial charge in [0, 0.05) is 34.9 Å². The average molecular weight is 503 g/mol. The van der Waals surface area contributed by atoms with E-state index in [4.69, 9.17) is 16.3 Å². The van der Waals surface area contributed by atoms with Crippen LogP contribution in [0.3, 0.4) is 0 Å². The summed E-state index contributed by atoms with van der Waals surface area (Å²) in [6, 6.07) is 27.2. The number of hydrogen-bond donors (Lipinski definition) is 3. The van der Waals surface area contributed by atoms with Crippen molar-refractivity contribution in [3.05, 3.63) is 96.0 Å². The number of carbonyl (C=O) groups excluding carboxylic acids is 2. The number of amides is 4. The summed E-state index contributed by atoms with van der Waals surface area (Å²) in [4.78, 5) is 27.2. The molecule has 7 nitrogen and oxygen atoms in total. The Balaban J connectivity index is 1.37. The first-order chi connectivity index (χ1) is 17.5. The van der Waals surface area contributed by atoms with E-state index < -0.39 is 0 Å². The number of benzene rings is 4. The van der Waals surface area contributed by atoms with Gasteiger partial charge < -0.3 is 20.7 Å². The lowest BCUT2D eigenvalue weighted by Gasteiger charge is -2.24. The molecule has 4 aromatic rings. The lowest BCUT2D eigenvalue weighted by atomic mass is 10.1. The van der Waals surface area contributed by atoms with Crippen molar-refractivity contribution in [3.8, 4) is 5.75 Å². The van der Waals surface area contributed by atoms with E-state index in [9.17, 15) is 9.59 Å². The van der Waals surface area contributed by atoms with Crippen LogP contribution in [0.2, 0.25) is 5.02 Å². The highest BCUT2D eigenvalue weighted by molar-refractivity contribution is 6.30. The Morgan fingerprint density at radius 3 is 2.42 bits per heavy atom. The molecule has 184 valence electrons. The Labute approximate surface area is 215 Å². The van der Waals surface area contributed by atoms with Crippen LogP contribution < -0.4 is 25.6 Å². The number of nitrogens with one attached hydrogen (secondary N) is 3. The van der Waals surface area contributed by atoms with Crippen LogP contribution in [0.5, 0.6) is 5.75 Å². The number of halogens is 1. The number of carbonyl (C=O) groups is 2. The minimum Gasteiger partial charge on any atom is -0.497 e. The summed E-state index contributed by atoms with van der Waals surface area (Å²) in [7, 11) is 1.59. The minimum absolute atomic E-state index is 0.300. The molecule has 0 aliphatic rings. The van der Waals surface area contributed by atoms with Gasteiger partial charge >= 0.3 is 12.1 Å². The molecule has 0 aliphatic heterocycles. The van der Waals surface area contributed by atoms with Crippen molar-refractivity contribution < 1.29 is 14.3 Å². The van der Waals surface area contributed by atoms with Crippen LogP contribution in [0, 0.1) is 0 Å². The highest BCUT2D eigenvalue weighted by Crippen LogP contribution is 2.23. The van der Waals surface area contributed by atoms with E-state index in [1.54, 1.807) is 48.4 Å². The largest absolute Gasteiger partial charge is 0.497 e. The first kappa shape index (κ1) is 24.9. The zero-order valence-corrected chi connectivity index (χ0v) is 20.6. The van der Waals surface area contributed by atoms with E-state index >= 15 is 0 Å². The van der Waals surface area contributed by atoms with E-state index in [1.165, 1.54) is 0 Å². The van der Waals surface area contributed by atoms with Gasteiger partial charge in [0.05, 0.1) is 12.8 Å². The second kappa shape index (κ2) is 12.0. The molecule has 0 aliphatic carbocycles. The highest BCUT2D eigenvalue weighted by atomic mass is 35.5. The SMILES string of the molecule is COc1ccc(N(CCCNC(=O)Nc2cccc3ccccc23)C(=O)Nc2cccc(Cl)c2)cc1. The molecule has 0 bridgehead atoms. The topological polar surface area (TPSA) is 82.7 Å². The first-order valence-corrected chi connectivity index (χ1v) is 11.9. The molecule has 0 radical (unpaired) electrons. The number of rotatable bonds is 8. The molecule has 3 N–H and O–H groups in total. The zero-order valence-electron chi connectivity index (χ0n) is 19.8. The van der Waals surface area contributed by atoms with Crippen LogP contribution in [0.25, 0.3) is 10.8 Å². The lowest BCUT2D eigenvalue weighted by molar-refractivity contribution is 0.252. The van der Waals surface area contributed by atoms with Gasteiger partial charge in [0.1, 0.15) is 5.75 Å². The Morgan fingerprint density at radius 2 is 1.64 bits per heavy atom. The van der Waals surface area contributed by atoms with Crippen molar-refractivity contribution in [1.82, 2.24) is 5.32 Å². The van der Waals surface area contributed by atoms with E-state index in [-0.39, 0.29) is 12.1 Å². The average Bonchev–Trinajstić information content (AvgIpc) is 2.89. The highest BCUT2D eigenvalue weighted by Gasteiger charge is 2.16. The molecule has 0 unspecified atom stereocenters. The van der Waals surface area contributed by atoms with Gasteiger partial charge in [-0.3, -0.25) is 4.90 Å². The smallest absolute Gasteiger partial charge is 0.326 e. The maximum atomic E-state index is 13.1. The third-order valence-corrected chi connectivity index (χ3v) is 5.82. The fraction of sp³-hybridized carbons (Fsp3) is 0.143. The van der Waals surface area contributed by atoms with Gasteiger partial charge in [0.2, 0.25) is 0 Å². The number of anilines is 3. The molecule has 0 saturated carbocycles. The zero-order chi connectivity index (χ0) is 25.3. The summed E-state index contributed by atoms with van der Waals surface area (Å²) >= 11 is 6.06.